The Kier molecular flexibility index (Phi) is 4.29. The van der Waals surface area contributed by atoms with Crippen molar-refractivity contribution >= 4 is 23.1 Å². The number of pyridine rings is 1. The summed E-state index contributed by atoms with van der Waals surface area (Å²) in [5.74, 6) is 2.59. The highest BCUT2D eigenvalue weighted by atomic mass is 16.3. The smallest absolute Gasteiger partial charge is 0.162 e. The van der Waals surface area contributed by atoms with Gasteiger partial charge in [0.2, 0.25) is 0 Å². The zero-order valence-electron chi connectivity index (χ0n) is 14.8. The van der Waals surface area contributed by atoms with E-state index in [1.165, 1.54) is 0 Å². The average molecular weight is 354 g/mol. The van der Waals surface area contributed by atoms with E-state index in [-0.39, 0.29) is 12.1 Å². The Morgan fingerprint density at radius 3 is 3.04 bits per heavy atom. The molecule has 2 N–H and O–H groups in total. The molecule has 3 aromatic rings. The molecule has 9 nitrogen and oxygen atoms in total. The van der Waals surface area contributed by atoms with Gasteiger partial charge in [0.05, 0.1) is 12.1 Å². The van der Waals surface area contributed by atoms with Gasteiger partial charge in [0, 0.05) is 33.3 Å². The lowest BCUT2D eigenvalue weighted by molar-refractivity contribution is 0.194. The lowest BCUT2D eigenvalue weighted by Crippen LogP contribution is -2.36. The van der Waals surface area contributed by atoms with E-state index < -0.39 is 0 Å². The Bertz CT molecular complexity index is 895. The van der Waals surface area contributed by atoms with Crippen LogP contribution in [0, 0.1) is 0 Å². The summed E-state index contributed by atoms with van der Waals surface area (Å²) in [5.41, 5.74) is 0.796. The first kappa shape index (κ1) is 16.5. The van der Waals surface area contributed by atoms with Crippen molar-refractivity contribution in [2.45, 2.75) is 18.6 Å². The van der Waals surface area contributed by atoms with Crippen molar-refractivity contribution in [1.29, 1.82) is 0 Å². The molecule has 136 valence electrons. The predicted molar refractivity (Wildman–Crippen MR) is 99.6 cm³/mol. The van der Waals surface area contributed by atoms with Crippen LogP contribution < -0.4 is 15.1 Å². The molecule has 4 heterocycles. The predicted octanol–water partition coefficient (Wildman–Crippen LogP) is 0.637. The molecule has 9 heteroatoms. The maximum absolute atomic E-state index is 10.2. The summed E-state index contributed by atoms with van der Waals surface area (Å²) in [6.45, 7) is 1.24. The summed E-state index contributed by atoms with van der Waals surface area (Å²) in [4.78, 5) is 12.8. The molecule has 0 saturated carbocycles. The van der Waals surface area contributed by atoms with E-state index in [2.05, 4.69) is 30.4 Å². The molecule has 0 aliphatic carbocycles. The van der Waals surface area contributed by atoms with Gasteiger partial charge in [0.15, 0.2) is 5.65 Å². The molecule has 0 amide bonds. The molecule has 1 saturated heterocycles. The topological polar surface area (TPSA) is 94.7 Å². The molecule has 26 heavy (non-hydrogen) atoms. The number of β-amino-alcohol motifs (C(OH)–C–C–N with tert-alkyl or cyclic N) is 1. The average Bonchev–Trinajstić information content (AvgIpc) is 3.26. The minimum atomic E-state index is -0.370. The van der Waals surface area contributed by atoms with Gasteiger partial charge in [-0.1, -0.05) is 6.07 Å². The molecule has 3 aromatic heterocycles. The Labute approximate surface area is 151 Å². The first-order valence-electron chi connectivity index (χ1n) is 8.58. The largest absolute Gasteiger partial charge is 0.391 e. The van der Waals surface area contributed by atoms with E-state index >= 15 is 0 Å². The van der Waals surface area contributed by atoms with E-state index in [0.29, 0.717) is 19.5 Å². The van der Waals surface area contributed by atoms with Crippen LogP contribution in [0.1, 0.15) is 6.42 Å². The van der Waals surface area contributed by atoms with Gasteiger partial charge in [-0.15, -0.1) is 10.2 Å². The Morgan fingerprint density at radius 1 is 1.31 bits per heavy atom. The summed E-state index contributed by atoms with van der Waals surface area (Å²) < 4.78 is 1.91. The fourth-order valence-electron chi connectivity index (χ4n) is 3.32. The molecule has 0 bridgehead atoms. The third-order valence-corrected chi connectivity index (χ3v) is 4.63. The second-order valence-corrected chi connectivity index (χ2v) is 6.68. The van der Waals surface area contributed by atoms with E-state index in [9.17, 15) is 5.11 Å². The van der Waals surface area contributed by atoms with Crippen LogP contribution in [0.15, 0.2) is 36.9 Å². The molecular weight excluding hydrogens is 332 g/mol. The van der Waals surface area contributed by atoms with Crippen molar-refractivity contribution in [2.24, 2.45) is 0 Å². The van der Waals surface area contributed by atoms with E-state index in [4.69, 9.17) is 0 Å². The molecule has 0 aromatic carbocycles. The van der Waals surface area contributed by atoms with Crippen LogP contribution in [-0.4, -0.2) is 69.0 Å². The van der Waals surface area contributed by atoms with E-state index in [1.807, 2.05) is 47.7 Å². The van der Waals surface area contributed by atoms with Crippen LogP contribution in [0.3, 0.4) is 0 Å². The van der Waals surface area contributed by atoms with Gasteiger partial charge in [-0.2, -0.15) is 0 Å². The first-order chi connectivity index (χ1) is 12.6. The number of rotatable bonds is 5. The number of fused-ring (bicyclic) bond motifs is 1. The number of nitrogens with one attached hydrogen (secondary N) is 1. The highest BCUT2D eigenvalue weighted by Gasteiger charge is 2.32. The molecule has 4 rings (SSSR count). The quantitative estimate of drug-likeness (QED) is 0.689. The van der Waals surface area contributed by atoms with Crippen molar-refractivity contribution in [1.82, 2.24) is 24.6 Å². The van der Waals surface area contributed by atoms with E-state index in [0.717, 1.165) is 23.1 Å². The number of aliphatic hydroxyl groups excluding tert-OH is 1. The molecule has 0 spiro atoms. The van der Waals surface area contributed by atoms with Gasteiger partial charge >= 0.3 is 0 Å². The maximum atomic E-state index is 10.2. The van der Waals surface area contributed by atoms with Gasteiger partial charge in [-0.05, 0) is 18.6 Å². The standard InChI is InChI=1S/C17H22N8O/c1-23(2)16-7-17(20-10-19-16)24-9-13(26)6-12(24)8-18-14-4-3-5-15-22-21-11-25(14)15/h3-5,7,10-13,18,26H,6,8-9H2,1-2H3/t12-,13-/m1/s1. The number of nitrogens with zero attached hydrogens (tertiary/aromatic N) is 7. The van der Waals surface area contributed by atoms with Gasteiger partial charge in [0.25, 0.3) is 0 Å². The Balaban J connectivity index is 1.53. The van der Waals surface area contributed by atoms with Crippen LogP contribution in [0.4, 0.5) is 17.5 Å². The Hall–Kier alpha value is -2.94. The van der Waals surface area contributed by atoms with Crippen molar-refractivity contribution in [3.63, 3.8) is 0 Å². The van der Waals surface area contributed by atoms with Crippen molar-refractivity contribution in [2.75, 3.05) is 42.3 Å². The number of hydrogen-bond donors (Lipinski definition) is 2. The van der Waals surface area contributed by atoms with Gasteiger partial charge in [0.1, 0.15) is 30.1 Å². The van der Waals surface area contributed by atoms with Gasteiger partial charge in [-0.25, -0.2) is 9.97 Å². The molecule has 1 aliphatic heterocycles. The van der Waals surface area contributed by atoms with Crippen LogP contribution >= 0.6 is 0 Å². The lowest BCUT2D eigenvalue weighted by Gasteiger charge is -2.26. The SMILES string of the molecule is CN(C)c1cc(N2C[C@H](O)C[C@@H]2CNc2cccc3nncn23)ncn1. The minimum Gasteiger partial charge on any atom is -0.391 e. The van der Waals surface area contributed by atoms with Crippen LogP contribution in [0.5, 0.6) is 0 Å². The van der Waals surface area contributed by atoms with Gasteiger partial charge in [-0.3, -0.25) is 4.40 Å². The molecule has 1 fully saturated rings. The van der Waals surface area contributed by atoms with Crippen LogP contribution in [0.25, 0.3) is 5.65 Å². The number of aliphatic hydroxyl groups is 1. The third-order valence-electron chi connectivity index (χ3n) is 4.63. The summed E-state index contributed by atoms with van der Waals surface area (Å²) in [5, 5.41) is 21.7. The summed E-state index contributed by atoms with van der Waals surface area (Å²) in [6.07, 6.45) is 3.57. The van der Waals surface area contributed by atoms with Crippen molar-refractivity contribution < 1.29 is 5.11 Å². The van der Waals surface area contributed by atoms with E-state index in [1.54, 1.807) is 12.7 Å². The van der Waals surface area contributed by atoms with Gasteiger partial charge < -0.3 is 20.2 Å². The summed E-state index contributed by atoms with van der Waals surface area (Å²) in [6, 6.07) is 7.92. The monoisotopic (exact) mass is 354 g/mol. The normalized spacial score (nSPS) is 19.9. The highest BCUT2D eigenvalue weighted by Crippen LogP contribution is 2.26. The fraction of sp³-hybridized carbons (Fsp3) is 0.412. The zero-order chi connectivity index (χ0) is 18.1. The maximum Gasteiger partial charge on any atom is 0.162 e. The fourth-order valence-corrected chi connectivity index (χ4v) is 3.32. The lowest BCUT2D eigenvalue weighted by atomic mass is 10.2. The number of anilines is 3. The van der Waals surface area contributed by atoms with Crippen molar-refractivity contribution in [3.05, 3.63) is 36.9 Å². The third kappa shape index (κ3) is 3.13. The molecule has 2 atom stereocenters. The molecule has 1 aliphatic rings. The second kappa shape index (κ2) is 6.75. The molecular formula is C17H22N8O. The molecule has 0 unspecified atom stereocenters. The number of hydrogen-bond acceptors (Lipinski definition) is 8. The van der Waals surface area contributed by atoms with Crippen LogP contribution in [0.2, 0.25) is 0 Å². The van der Waals surface area contributed by atoms with Crippen LogP contribution in [-0.2, 0) is 0 Å². The number of aromatic nitrogens is 5. The van der Waals surface area contributed by atoms with Crippen molar-refractivity contribution in [3.8, 4) is 0 Å². The highest BCUT2D eigenvalue weighted by molar-refractivity contribution is 5.52. The second-order valence-electron chi connectivity index (χ2n) is 6.68. The summed E-state index contributed by atoms with van der Waals surface area (Å²) in [7, 11) is 3.90. The zero-order valence-corrected chi connectivity index (χ0v) is 14.8. The Morgan fingerprint density at radius 2 is 2.19 bits per heavy atom. The first-order valence-corrected chi connectivity index (χ1v) is 8.58. The molecule has 0 radical (unpaired) electrons. The summed E-state index contributed by atoms with van der Waals surface area (Å²) >= 11 is 0. The minimum absolute atomic E-state index is 0.127.